The fourth-order valence-electron chi connectivity index (χ4n) is 1.68. The minimum atomic E-state index is -0.369. The first kappa shape index (κ1) is 19.1. The minimum Gasteiger partial charge on any atom is -0.460 e. The maximum atomic E-state index is 11.1. The lowest BCUT2D eigenvalue weighted by molar-refractivity contribution is -0.140. The number of rotatable bonds is 13. The van der Waals surface area contributed by atoms with Gasteiger partial charge in [-0.2, -0.15) is 0 Å². The van der Waals surface area contributed by atoms with Crippen molar-refractivity contribution in [3.05, 3.63) is 12.2 Å². The zero-order chi connectivity index (χ0) is 15.2. The predicted octanol–water partition coefficient (Wildman–Crippen LogP) is 3.36. The average molecular weight is 286 g/mol. The van der Waals surface area contributed by atoms with Crippen molar-refractivity contribution >= 4 is 5.97 Å². The molecule has 0 aliphatic heterocycles. The molecule has 0 rings (SSSR count). The number of hydrogen-bond donors (Lipinski definition) is 0. The highest BCUT2D eigenvalue weighted by atomic mass is 16.6. The zero-order valence-corrected chi connectivity index (χ0v) is 13.3. The molecule has 0 saturated heterocycles. The van der Waals surface area contributed by atoms with Crippen molar-refractivity contribution in [2.45, 2.75) is 46.5 Å². The minimum absolute atomic E-state index is 0.264. The summed E-state index contributed by atoms with van der Waals surface area (Å²) in [6, 6.07) is 0. The van der Waals surface area contributed by atoms with E-state index in [1.54, 1.807) is 6.92 Å². The smallest absolute Gasteiger partial charge is 0.333 e. The second kappa shape index (κ2) is 13.1. The van der Waals surface area contributed by atoms with Crippen LogP contribution in [0, 0.1) is 5.92 Å². The fourth-order valence-corrected chi connectivity index (χ4v) is 1.68. The molecule has 0 N–H and O–H groups in total. The molecule has 0 fully saturated rings. The zero-order valence-electron chi connectivity index (χ0n) is 13.3. The van der Waals surface area contributed by atoms with Crippen LogP contribution in [0.15, 0.2) is 12.2 Å². The molecular formula is C16H30O4. The Morgan fingerprint density at radius 2 is 1.75 bits per heavy atom. The van der Waals surface area contributed by atoms with E-state index in [1.165, 1.54) is 19.3 Å². The van der Waals surface area contributed by atoms with Crippen LogP contribution in [0.5, 0.6) is 0 Å². The molecule has 1 unspecified atom stereocenters. The van der Waals surface area contributed by atoms with E-state index in [0.717, 1.165) is 13.0 Å². The van der Waals surface area contributed by atoms with Crippen molar-refractivity contribution in [3.8, 4) is 0 Å². The topological polar surface area (TPSA) is 44.8 Å². The van der Waals surface area contributed by atoms with Crippen LogP contribution >= 0.6 is 0 Å². The normalized spacial score (nSPS) is 12.2. The summed E-state index contributed by atoms with van der Waals surface area (Å²) in [6.07, 6.45) is 4.91. The molecule has 4 heteroatoms. The number of hydrogen-bond acceptors (Lipinski definition) is 4. The van der Waals surface area contributed by atoms with Gasteiger partial charge in [-0.3, -0.25) is 0 Å². The highest BCUT2D eigenvalue weighted by Gasteiger charge is 2.05. The number of esters is 1. The third-order valence-electron chi connectivity index (χ3n) is 3.08. The molecule has 4 nitrogen and oxygen atoms in total. The van der Waals surface area contributed by atoms with E-state index in [9.17, 15) is 4.79 Å². The molecule has 118 valence electrons. The van der Waals surface area contributed by atoms with Crippen molar-refractivity contribution in [3.63, 3.8) is 0 Å². The van der Waals surface area contributed by atoms with E-state index in [2.05, 4.69) is 20.4 Å². The largest absolute Gasteiger partial charge is 0.460 e. The Hall–Kier alpha value is -0.870. The van der Waals surface area contributed by atoms with Gasteiger partial charge in [0.2, 0.25) is 0 Å². The predicted molar refractivity (Wildman–Crippen MR) is 80.7 cm³/mol. The monoisotopic (exact) mass is 286 g/mol. The van der Waals surface area contributed by atoms with E-state index in [-0.39, 0.29) is 12.6 Å². The molecule has 20 heavy (non-hydrogen) atoms. The highest BCUT2D eigenvalue weighted by molar-refractivity contribution is 5.86. The third kappa shape index (κ3) is 11.0. The Balaban J connectivity index is 3.35. The Bertz CT molecular complexity index is 263. The van der Waals surface area contributed by atoms with Gasteiger partial charge in [0, 0.05) is 12.2 Å². The molecule has 0 spiro atoms. The summed E-state index contributed by atoms with van der Waals surface area (Å²) in [5, 5.41) is 0. The van der Waals surface area contributed by atoms with E-state index < -0.39 is 0 Å². The van der Waals surface area contributed by atoms with Gasteiger partial charge < -0.3 is 14.2 Å². The van der Waals surface area contributed by atoms with Gasteiger partial charge >= 0.3 is 5.97 Å². The standard InChI is InChI=1S/C16H30O4/c1-5-7-8-15(6-2)13-19-10-9-18-11-12-20-16(17)14(3)4/h15H,3,5-13H2,1-2,4H3. The Morgan fingerprint density at radius 3 is 2.35 bits per heavy atom. The van der Waals surface area contributed by atoms with Gasteiger partial charge in [-0.25, -0.2) is 4.79 Å². The van der Waals surface area contributed by atoms with Crippen molar-refractivity contribution in [1.82, 2.24) is 0 Å². The van der Waals surface area contributed by atoms with Crippen LogP contribution < -0.4 is 0 Å². The van der Waals surface area contributed by atoms with Crippen LogP contribution in [0.3, 0.4) is 0 Å². The van der Waals surface area contributed by atoms with E-state index in [4.69, 9.17) is 14.2 Å². The summed E-state index contributed by atoms with van der Waals surface area (Å²) < 4.78 is 15.8. The van der Waals surface area contributed by atoms with Crippen molar-refractivity contribution in [2.75, 3.05) is 33.0 Å². The highest BCUT2D eigenvalue weighted by Crippen LogP contribution is 2.12. The molecular weight excluding hydrogens is 256 g/mol. The lowest BCUT2D eigenvalue weighted by Gasteiger charge is -2.14. The molecule has 0 bridgehead atoms. The Labute approximate surface area is 123 Å². The van der Waals surface area contributed by atoms with Crippen LogP contribution in [-0.4, -0.2) is 39.0 Å². The average Bonchev–Trinajstić information content (AvgIpc) is 2.44. The van der Waals surface area contributed by atoms with Gasteiger partial charge in [-0.05, 0) is 19.3 Å². The van der Waals surface area contributed by atoms with Crippen LogP contribution in [0.2, 0.25) is 0 Å². The van der Waals surface area contributed by atoms with Crippen molar-refractivity contribution < 1.29 is 19.0 Å². The first-order valence-corrected chi connectivity index (χ1v) is 7.59. The molecule has 0 aromatic heterocycles. The van der Waals surface area contributed by atoms with Gasteiger partial charge in [0.1, 0.15) is 6.61 Å². The molecule has 0 aromatic carbocycles. The molecule has 0 amide bonds. The van der Waals surface area contributed by atoms with Gasteiger partial charge in [0.15, 0.2) is 0 Å². The summed E-state index contributed by atoms with van der Waals surface area (Å²) in [7, 11) is 0. The first-order chi connectivity index (χ1) is 9.61. The number of carbonyl (C=O) groups excluding carboxylic acids is 1. The van der Waals surface area contributed by atoms with E-state index in [1.807, 2.05) is 0 Å². The summed E-state index contributed by atoms with van der Waals surface area (Å²) >= 11 is 0. The van der Waals surface area contributed by atoms with Crippen LogP contribution in [0.1, 0.15) is 46.5 Å². The van der Waals surface area contributed by atoms with E-state index in [0.29, 0.717) is 31.3 Å². The molecule has 0 radical (unpaired) electrons. The van der Waals surface area contributed by atoms with Gasteiger partial charge in [0.25, 0.3) is 0 Å². The van der Waals surface area contributed by atoms with Crippen molar-refractivity contribution in [1.29, 1.82) is 0 Å². The van der Waals surface area contributed by atoms with Gasteiger partial charge in [0.05, 0.1) is 19.8 Å². The van der Waals surface area contributed by atoms with E-state index >= 15 is 0 Å². The molecule has 0 heterocycles. The summed E-state index contributed by atoms with van der Waals surface area (Å²) in [4.78, 5) is 11.1. The molecule has 0 aliphatic carbocycles. The molecule has 0 aliphatic rings. The summed E-state index contributed by atoms with van der Waals surface area (Å²) in [6.45, 7) is 12.1. The number of ether oxygens (including phenoxy) is 3. The second-order valence-electron chi connectivity index (χ2n) is 5.02. The third-order valence-corrected chi connectivity index (χ3v) is 3.08. The van der Waals surface area contributed by atoms with Crippen LogP contribution in [0.4, 0.5) is 0 Å². The van der Waals surface area contributed by atoms with Crippen LogP contribution in [0.25, 0.3) is 0 Å². The second-order valence-corrected chi connectivity index (χ2v) is 5.02. The summed E-state index contributed by atoms with van der Waals surface area (Å²) in [5.74, 6) is 0.290. The van der Waals surface area contributed by atoms with Gasteiger partial charge in [-0.1, -0.05) is 39.7 Å². The number of unbranched alkanes of at least 4 members (excludes halogenated alkanes) is 1. The maximum absolute atomic E-state index is 11.1. The lowest BCUT2D eigenvalue weighted by Crippen LogP contribution is -2.15. The lowest BCUT2D eigenvalue weighted by atomic mass is 10.0. The maximum Gasteiger partial charge on any atom is 0.333 e. The molecule has 0 saturated carbocycles. The molecule has 0 aromatic rings. The molecule has 1 atom stereocenters. The Kier molecular flexibility index (Phi) is 12.6. The SMILES string of the molecule is C=C(C)C(=O)OCCOCCOCC(CC)CCCC. The first-order valence-electron chi connectivity index (χ1n) is 7.59. The summed E-state index contributed by atoms with van der Waals surface area (Å²) in [5.41, 5.74) is 0.408. The van der Waals surface area contributed by atoms with Crippen LogP contribution in [-0.2, 0) is 19.0 Å². The van der Waals surface area contributed by atoms with Crippen molar-refractivity contribution in [2.24, 2.45) is 5.92 Å². The fraction of sp³-hybridized carbons (Fsp3) is 0.812. The number of carbonyl (C=O) groups is 1. The quantitative estimate of drug-likeness (QED) is 0.296. The Morgan fingerprint density at radius 1 is 1.10 bits per heavy atom. The van der Waals surface area contributed by atoms with Gasteiger partial charge in [-0.15, -0.1) is 0 Å².